The first-order chi connectivity index (χ1) is 17.4. The molecule has 0 aliphatic carbocycles. The number of aliphatic hydroxyl groups is 1. The third kappa shape index (κ3) is 4.41. The molecule has 0 saturated carbocycles. The van der Waals surface area contributed by atoms with Crippen molar-refractivity contribution in [3.63, 3.8) is 0 Å². The highest BCUT2D eigenvalue weighted by molar-refractivity contribution is 7.90. The third-order valence-corrected chi connectivity index (χ3v) is 10.2. The van der Waals surface area contributed by atoms with Gasteiger partial charge in [-0.1, -0.05) is 18.2 Å². The Kier molecular flexibility index (Phi) is 6.68. The van der Waals surface area contributed by atoms with Crippen molar-refractivity contribution in [2.75, 3.05) is 59.5 Å². The summed E-state index contributed by atoms with van der Waals surface area (Å²) in [4.78, 5) is 7.33. The van der Waals surface area contributed by atoms with E-state index in [1.165, 1.54) is 12.8 Å². The van der Waals surface area contributed by atoms with E-state index < -0.39 is 16.1 Å². The number of benzene rings is 1. The molecule has 5 heterocycles. The van der Waals surface area contributed by atoms with Crippen LogP contribution in [0.3, 0.4) is 0 Å². The van der Waals surface area contributed by atoms with Crippen molar-refractivity contribution in [3.05, 3.63) is 35.5 Å². The van der Waals surface area contributed by atoms with Gasteiger partial charge in [-0.25, -0.2) is 8.42 Å². The van der Waals surface area contributed by atoms with Gasteiger partial charge in [-0.3, -0.25) is 14.5 Å². The van der Waals surface area contributed by atoms with E-state index in [0.29, 0.717) is 54.1 Å². The number of sulfone groups is 1. The zero-order valence-electron chi connectivity index (χ0n) is 21.1. The van der Waals surface area contributed by atoms with Gasteiger partial charge in [0.25, 0.3) is 0 Å². The average Bonchev–Trinajstić information content (AvgIpc) is 3.28. The van der Waals surface area contributed by atoms with Crippen molar-refractivity contribution in [2.45, 2.75) is 54.6 Å². The second-order valence-electron chi connectivity index (χ2n) is 10.8. The highest BCUT2D eigenvalue weighted by atomic mass is 32.2. The van der Waals surface area contributed by atoms with E-state index in [1.807, 2.05) is 17.0 Å². The number of ether oxygens (including phenoxy) is 1. The first-order valence-electron chi connectivity index (χ1n) is 13.3. The van der Waals surface area contributed by atoms with E-state index in [-0.39, 0.29) is 11.8 Å². The summed E-state index contributed by atoms with van der Waals surface area (Å²) < 4.78 is 34.1. The maximum atomic E-state index is 13.3. The molecule has 36 heavy (non-hydrogen) atoms. The first-order valence-corrected chi connectivity index (χ1v) is 14.9. The monoisotopic (exact) mass is 515 g/mol. The van der Waals surface area contributed by atoms with Gasteiger partial charge in [-0.2, -0.15) is 5.10 Å². The van der Waals surface area contributed by atoms with E-state index >= 15 is 0 Å². The molecule has 1 aromatic carbocycles. The van der Waals surface area contributed by atoms with Crippen LogP contribution in [0.25, 0.3) is 11.3 Å². The minimum absolute atomic E-state index is 0.124. The van der Waals surface area contributed by atoms with Crippen LogP contribution in [0, 0.1) is 0 Å². The van der Waals surface area contributed by atoms with Crippen LogP contribution in [-0.4, -0.2) is 104 Å². The van der Waals surface area contributed by atoms with E-state index in [1.54, 1.807) is 12.1 Å². The molecular weight excluding hydrogens is 478 g/mol. The number of aromatic nitrogens is 2. The first kappa shape index (κ1) is 24.5. The van der Waals surface area contributed by atoms with Crippen LogP contribution >= 0.6 is 0 Å². The number of fused-ring (bicyclic) bond motifs is 3. The minimum atomic E-state index is -3.52. The summed E-state index contributed by atoms with van der Waals surface area (Å²) in [6.07, 6.45) is 3.51. The van der Waals surface area contributed by atoms with Crippen LogP contribution in [0.4, 0.5) is 0 Å². The van der Waals surface area contributed by atoms with Crippen molar-refractivity contribution < 1.29 is 18.3 Å². The fourth-order valence-electron chi connectivity index (χ4n) is 6.46. The number of piperidine rings is 2. The standard InChI is InChI=1S/C26H37N5O4S/c1-28-11-8-19(9-12-28)30-10-4-5-20(17-30)31-25-21-6-2-3-7-23(21)36(33,34)18-22(25)24(27-31)26(32)29-13-15-35-16-14-29/h2-3,6-7,19-20,26,32H,4-5,8-18H2,1H3/t20-,26?/m0/s1. The molecule has 1 aromatic heterocycles. The van der Waals surface area contributed by atoms with Gasteiger partial charge in [0.1, 0.15) is 5.69 Å². The molecule has 1 unspecified atom stereocenters. The van der Waals surface area contributed by atoms with Gasteiger partial charge < -0.3 is 14.7 Å². The summed E-state index contributed by atoms with van der Waals surface area (Å²) in [5.41, 5.74) is 2.73. The van der Waals surface area contributed by atoms with Crippen LogP contribution in [0.2, 0.25) is 0 Å². The molecular formula is C26H37N5O4S. The zero-order chi connectivity index (χ0) is 24.9. The van der Waals surface area contributed by atoms with Crippen LogP contribution in [0.1, 0.15) is 49.2 Å². The van der Waals surface area contributed by atoms with Crippen LogP contribution in [-0.2, 0) is 20.3 Å². The lowest BCUT2D eigenvalue weighted by Crippen LogP contribution is -2.48. The number of likely N-dealkylation sites (tertiary alicyclic amines) is 2. The largest absolute Gasteiger partial charge is 0.379 e. The Morgan fingerprint density at radius 3 is 2.56 bits per heavy atom. The summed E-state index contributed by atoms with van der Waals surface area (Å²) in [6, 6.07) is 8.01. The van der Waals surface area contributed by atoms with Crippen LogP contribution < -0.4 is 0 Å². The highest BCUT2D eigenvalue weighted by Crippen LogP contribution is 2.43. The van der Waals surface area contributed by atoms with Gasteiger partial charge in [-0.15, -0.1) is 0 Å². The maximum absolute atomic E-state index is 13.3. The smallest absolute Gasteiger partial charge is 0.183 e. The Bertz CT molecular complexity index is 1200. The lowest BCUT2D eigenvalue weighted by Gasteiger charge is -2.42. The van der Waals surface area contributed by atoms with Gasteiger partial charge >= 0.3 is 0 Å². The summed E-state index contributed by atoms with van der Waals surface area (Å²) in [6.45, 7) is 6.56. The highest BCUT2D eigenvalue weighted by Gasteiger charge is 2.39. The second-order valence-corrected chi connectivity index (χ2v) is 12.7. The molecule has 9 nitrogen and oxygen atoms in total. The molecule has 0 spiro atoms. The van der Waals surface area contributed by atoms with Crippen molar-refractivity contribution in [1.29, 1.82) is 0 Å². The normalized spacial score (nSPS) is 26.9. The molecule has 4 aliphatic rings. The van der Waals surface area contributed by atoms with Crippen LogP contribution in [0.15, 0.2) is 29.2 Å². The van der Waals surface area contributed by atoms with Crippen molar-refractivity contribution in [3.8, 4) is 11.3 Å². The lowest BCUT2D eigenvalue weighted by molar-refractivity contribution is -0.0629. The van der Waals surface area contributed by atoms with Crippen molar-refractivity contribution in [1.82, 2.24) is 24.5 Å². The number of aliphatic hydroxyl groups excluding tert-OH is 1. The molecule has 2 aromatic rings. The van der Waals surface area contributed by atoms with Gasteiger partial charge in [0.15, 0.2) is 16.1 Å². The SMILES string of the molecule is CN1CCC(N2CCC[C@H](n3nc(C(O)N4CCOCC4)c4c3-c3ccccc3S(=O)(=O)C4)C2)CC1. The molecule has 0 bridgehead atoms. The Morgan fingerprint density at radius 1 is 1.03 bits per heavy atom. The predicted octanol–water partition coefficient (Wildman–Crippen LogP) is 1.89. The molecule has 10 heteroatoms. The fraction of sp³-hybridized carbons (Fsp3) is 0.654. The summed E-state index contributed by atoms with van der Waals surface area (Å²) in [5, 5.41) is 16.4. The lowest BCUT2D eigenvalue weighted by atomic mass is 9.97. The molecule has 196 valence electrons. The van der Waals surface area contributed by atoms with Gasteiger partial charge in [0, 0.05) is 36.8 Å². The number of rotatable bonds is 4. The Balaban J connectivity index is 1.40. The zero-order valence-corrected chi connectivity index (χ0v) is 21.9. The number of hydrogen-bond donors (Lipinski definition) is 1. The Labute approximate surface area is 213 Å². The van der Waals surface area contributed by atoms with Gasteiger partial charge in [-0.05, 0) is 58.4 Å². The molecule has 1 N–H and O–H groups in total. The number of morpholine rings is 1. The Hall–Kier alpha value is -1.82. The summed E-state index contributed by atoms with van der Waals surface area (Å²) >= 11 is 0. The molecule has 2 atom stereocenters. The minimum Gasteiger partial charge on any atom is -0.379 e. The van der Waals surface area contributed by atoms with E-state index in [2.05, 4.69) is 21.5 Å². The van der Waals surface area contributed by atoms with E-state index in [0.717, 1.165) is 44.7 Å². The molecule has 6 rings (SSSR count). The maximum Gasteiger partial charge on any atom is 0.183 e. The van der Waals surface area contributed by atoms with Gasteiger partial charge in [0.2, 0.25) is 0 Å². The van der Waals surface area contributed by atoms with Crippen LogP contribution in [0.5, 0.6) is 0 Å². The van der Waals surface area contributed by atoms with E-state index in [4.69, 9.17) is 9.84 Å². The molecule has 4 aliphatic heterocycles. The van der Waals surface area contributed by atoms with Crippen molar-refractivity contribution in [2.24, 2.45) is 0 Å². The molecule has 3 fully saturated rings. The predicted molar refractivity (Wildman–Crippen MR) is 136 cm³/mol. The number of nitrogens with zero attached hydrogens (tertiary/aromatic N) is 5. The van der Waals surface area contributed by atoms with Crippen molar-refractivity contribution >= 4 is 9.84 Å². The van der Waals surface area contributed by atoms with E-state index in [9.17, 15) is 13.5 Å². The fourth-order valence-corrected chi connectivity index (χ4v) is 8.06. The topological polar surface area (TPSA) is 91.1 Å². The average molecular weight is 516 g/mol. The number of hydrogen-bond acceptors (Lipinski definition) is 8. The third-order valence-electron chi connectivity index (χ3n) is 8.47. The summed E-state index contributed by atoms with van der Waals surface area (Å²) in [5.74, 6) is -0.124. The van der Waals surface area contributed by atoms with Gasteiger partial charge in [0.05, 0.1) is 35.6 Å². The molecule has 0 amide bonds. The Morgan fingerprint density at radius 2 is 1.78 bits per heavy atom. The molecule has 3 saturated heterocycles. The summed E-state index contributed by atoms with van der Waals surface area (Å²) in [7, 11) is -1.32. The quantitative estimate of drug-likeness (QED) is 0.660. The second kappa shape index (κ2) is 9.81. The molecule has 0 radical (unpaired) electrons.